The van der Waals surface area contributed by atoms with Gasteiger partial charge >= 0.3 is 0 Å². The number of rotatable bonds is 7. The fourth-order valence-corrected chi connectivity index (χ4v) is 3.39. The van der Waals surface area contributed by atoms with Gasteiger partial charge in [0.15, 0.2) is 11.0 Å². The molecule has 0 bridgehead atoms. The van der Waals surface area contributed by atoms with E-state index >= 15 is 0 Å². The second-order valence-corrected chi connectivity index (χ2v) is 6.66. The van der Waals surface area contributed by atoms with Crippen molar-refractivity contribution in [3.63, 3.8) is 0 Å². The second kappa shape index (κ2) is 8.38. The molecule has 0 saturated carbocycles. The van der Waals surface area contributed by atoms with Crippen LogP contribution in [0.2, 0.25) is 5.02 Å². The van der Waals surface area contributed by atoms with Crippen LogP contribution in [0, 0.1) is 0 Å². The fraction of sp³-hybridized carbons (Fsp3) is 0.222. The van der Waals surface area contributed by atoms with Gasteiger partial charge in [0.2, 0.25) is 0 Å². The molecule has 0 aliphatic heterocycles. The summed E-state index contributed by atoms with van der Waals surface area (Å²) in [4.78, 5) is 0. The first-order valence-corrected chi connectivity index (χ1v) is 9.02. The van der Waals surface area contributed by atoms with E-state index in [4.69, 9.17) is 21.1 Å². The molecule has 0 fully saturated rings. The molecule has 0 aliphatic rings. The van der Waals surface area contributed by atoms with Crippen LogP contribution in [-0.4, -0.2) is 29.0 Å². The molecule has 0 aliphatic carbocycles. The fourth-order valence-electron chi connectivity index (χ4n) is 2.34. The lowest BCUT2D eigenvalue weighted by atomic mass is 10.2. The molecule has 1 heterocycles. The smallest absolute Gasteiger partial charge is 0.196 e. The van der Waals surface area contributed by atoms with Crippen molar-refractivity contribution in [3.8, 4) is 11.4 Å². The molecule has 0 atom stereocenters. The van der Waals surface area contributed by atoms with Crippen LogP contribution in [0.3, 0.4) is 0 Å². The van der Waals surface area contributed by atoms with Crippen LogP contribution < -0.4 is 4.74 Å². The Balaban J connectivity index is 1.86. The number of hydrogen-bond donors (Lipinski definition) is 0. The highest BCUT2D eigenvalue weighted by Gasteiger charge is 2.14. The van der Waals surface area contributed by atoms with Crippen molar-refractivity contribution < 1.29 is 9.47 Å². The lowest BCUT2D eigenvalue weighted by molar-refractivity contribution is 0.176. The number of nitrogens with zero attached hydrogens (tertiary/aromatic N) is 3. The van der Waals surface area contributed by atoms with Gasteiger partial charge in [-0.25, -0.2) is 0 Å². The van der Waals surface area contributed by atoms with Gasteiger partial charge in [0.05, 0.1) is 7.11 Å². The van der Waals surface area contributed by atoms with E-state index in [9.17, 15) is 0 Å². The standard InChI is InChI=1S/C18H18ClN3O2S/c1-23-11-17-20-21-18(25-12-13-3-5-14(19)6-4-13)22(17)15-7-9-16(24-2)10-8-15/h3-10H,11-12H2,1-2H3. The third-order valence-corrected chi connectivity index (χ3v) is 4.84. The molecule has 7 heteroatoms. The zero-order valence-electron chi connectivity index (χ0n) is 14.0. The zero-order chi connectivity index (χ0) is 17.6. The van der Waals surface area contributed by atoms with E-state index in [1.165, 1.54) is 5.56 Å². The molecule has 130 valence electrons. The maximum Gasteiger partial charge on any atom is 0.196 e. The summed E-state index contributed by atoms with van der Waals surface area (Å²) in [6, 6.07) is 15.6. The largest absolute Gasteiger partial charge is 0.497 e. The van der Waals surface area contributed by atoms with E-state index in [0.29, 0.717) is 6.61 Å². The quantitative estimate of drug-likeness (QED) is 0.574. The van der Waals surface area contributed by atoms with Crippen molar-refractivity contribution in [3.05, 3.63) is 64.9 Å². The highest BCUT2D eigenvalue weighted by atomic mass is 35.5. The van der Waals surface area contributed by atoms with Crippen molar-refractivity contribution in [1.82, 2.24) is 14.8 Å². The van der Waals surface area contributed by atoms with Gasteiger partial charge in [-0.3, -0.25) is 4.57 Å². The van der Waals surface area contributed by atoms with Crippen LogP contribution in [0.15, 0.2) is 53.7 Å². The molecule has 0 N–H and O–H groups in total. The van der Waals surface area contributed by atoms with Gasteiger partial charge in [-0.15, -0.1) is 10.2 Å². The zero-order valence-corrected chi connectivity index (χ0v) is 15.5. The molecule has 1 aromatic heterocycles. The van der Waals surface area contributed by atoms with E-state index in [1.807, 2.05) is 53.1 Å². The molecule has 3 aromatic rings. The van der Waals surface area contributed by atoms with Gasteiger partial charge in [-0.2, -0.15) is 0 Å². The van der Waals surface area contributed by atoms with Gasteiger partial charge in [0.25, 0.3) is 0 Å². The van der Waals surface area contributed by atoms with Crippen LogP contribution in [-0.2, 0) is 17.1 Å². The van der Waals surface area contributed by atoms with Gasteiger partial charge in [-0.1, -0.05) is 35.5 Å². The van der Waals surface area contributed by atoms with E-state index in [1.54, 1.807) is 26.0 Å². The summed E-state index contributed by atoms with van der Waals surface area (Å²) < 4.78 is 12.5. The predicted molar refractivity (Wildman–Crippen MR) is 99.6 cm³/mol. The van der Waals surface area contributed by atoms with Gasteiger partial charge < -0.3 is 9.47 Å². The van der Waals surface area contributed by atoms with Crippen molar-refractivity contribution in [2.75, 3.05) is 14.2 Å². The SMILES string of the molecule is COCc1nnc(SCc2ccc(Cl)cc2)n1-c1ccc(OC)cc1. The Labute approximate surface area is 155 Å². The average molecular weight is 376 g/mol. The van der Waals surface area contributed by atoms with Crippen LogP contribution in [0.1, 0.15) is 11.4 Å². The number of halogens is 1. The number of thioether (sulfide) groups is 1. The van der Waals surface area contributed by atoms with Crippen LogP contribution in [0.25, 0.3) is 5.69 Å². The summed E-state index contributed by atoms with van der Waals surface area (Å²) in [7, 11) is 3.30. The van der Waals surface area contributed by atoms with Crippen molar-refractivity contribution in [1.29, 1.82) is 0 Å². The Morgan fingerprint density at radius 1 is 1.00 bits per heavy atom. The first kappa shape index (κ1) is 17.8. The number of ether oxygens (including phenoxy) is 2. The summed E-state index contributed by atoms with van der Waals surface area (Å²) in [5, 5.41) is 10.1. The molecule has 0 spiro atoms. The van der Waals surface area contributed by atoms with Crippen molar-refractivity contribution in [2.45, 2.75) is 17.5 Å². The summed E-state index contributed by atoms with van der Waals surface area (Å²) in [6.45, 7) is 0.389. The van der Waals surface area contributed by atoms with Crippen LogP contribution in [0.5, 0.6) is 5.75 Å². The van der Waals surface area contributed by atoms with E-state index in [2.05, 4.69) is 10.2 Å². The molecule has 3 rings (SSSR count). The van der Waals surface area contributed by atoms with Crippen molar-refractivity contribution in [2.24, 2.45) is 0 Å². The predicted octanol–water partition coefficient (Wildman–Crippen LogP) is 4.37. The average Bonchev–Trinajstić information content (AvgIpc) is 3.04. The highest BCUT2D eigenvalue weighted by Crippen LogP contribution is 2.27. The lowest BCUT2D eigenvalue weighted by Gasteiger charge is -2.10. The van der Waals surface area contributed by atoms with Gasteiger partial charge in [0, 0.05) is 23.6 Å². The summed E-state index contributed by atoms with van der Waals surface area (Å²) in [5.41, 5.74) is 2.14. The molecule has 0 saturated heterocycles. The number of aromatic nitrogens is 3. The van der Waals surface area contributed by atoms with Crippen LogP contribution >= 0.6 is 23.4 Å². The lowest BCUT2D eigenvalue weighted by Crippen LogP contribution is -2.04. The third-order valence-electron chi connectivity index (χ3n) is 3.59. The Morgan fingerprint density at radius 3 is 2.36 bits per heavy atom. The molecule has 0 unspecified atom stereocenters. The van der Waals surface area contributed by atoms with E-state index in [0.717, 1.165) is 33.2 Å². The van der Waals surface area contributed by atoms with Crippen molar-refractivity contribution >= 4 is 23.4 Å². The molecule has 5 nitrogen and oxygen atoms in total. The molecular formula is C18H18ClN3O2S. The Hall–Kier alpha value is -2.02. The van der Waals surface area contributed by atoms with Gasteiger partial charge in [0.1, 0.15) is 12.4 Å². The van der Waals surface area contributed by atoms with E-state index in [-0.39, 0.29) is 0 Å². The maximum absolute atomic E-state index is 5.94. The molecule has 2 aromatic carbocycles. The third kappa shape index (κ3) is 4.34. The minimum atomic E-state index is 0.389. The molecule has 25 heavy (non-hydrogen) atoms. The summed E-state index contributed by atoms with van der Waals surface area (Å²) >= 11 is 7.56. The summed E-state index contributed by atoms with van der Waals surface area (Å²) in [5.74, 6) is 2.34. The Kier molecular flexibility index (Phi) is 5.96. The number of methoxy groups -OCH3 is 2. The number of benzene rings is 2. The highest BCUT2D eigenvalue weighted by molar-refractivity contribution is 7.98. The number of hydrogen-bond acceptors (Lipinski definition) is 5. The molecule has 0 radical (unpaired) electrons. The first-order valence-electron chi connectivity index (χ1n) is 7.66. The Bertz CT molecular complexity index is 819. The normalized spacial score (nSPS) is 10.8. The molecular weight excluding hydrogens is 358 g/mol. The minimum absolute atomic E-state index is 0.389. The topological polar surface area (TPSA) is 49.2 Å². The minimum Gasteiger partial charge on any atom is -0.497 e. The maximum atomic E-state index is 5.94. The molecule has 0 amide bonds. The van der Waals surface area contributed by atoms with E-state index < -0.39 is 0 Å². The second-order valence-electron chi connectivity index (χ2n) is 5.28. The van der Waals surface area contributed by atoms with Crippen LogP contribution in [0.4, 0.5) is 0 Å². The monoisotopic (exact) mass is 375 g/mol. The van der Waals surface area contributed by atoms with Gasteiger partial charge in [-0.05, 0) is 42.0 Å². The Morgan fingerprint density at radius 2 is 1.72 bits per heavy atom. The first-order chi connectivity index (χ1) is 12.2. The summed E-state index contributed by atoms with van der Waals surface area (Å²) in [6.07, 6.45) is 0.